The third kappa shape index (κ3) is 3.12. The van der Waals surface area contributed by atoms with Gasteiger partial charge in [-0.25, -0.2) is 4.79 Å². The average molecular weight is 240 g/mol. The minimum Gasteiger partial charge on any atom is -0.383 e. The Balaban J connectivity index is 2.95. The van der Waals surface area contributed by atoms with E-state index >= 15 is 0 Å². The van der Waals surface area contributed by atoms with E-state index in [2.05, 4.69) is 17.2 Å². The molecule has 0 saturated heterocycles. The van der Waals surface area contributed by atoms with Gasteiger partial charge in [0.25, 0.3) is 5.56 Å². The van der Waals surface area contributed by atoms with Gasteiger partial charge in [0.05, 0.1) is 0 Å². The van der Waals surface area contributed by atoms with Gasteiger partial charge in [0.15, 0.2) is 0 Å². The molecule has 0 saturated carbocycles. The lowest BCUT2D eigenvalue weighted by molar-refractivity contribution is 0.643. The maximum absolute atomic E-state index is 11.6. The molecule has 1 aromatic rings. The third-order valence-electron chi connectivity index (χ3n) is 2.75. The lowest BCUT2D eigenvalue weighted by atomic mass is 10.1. The van der Waals surface area contributed by atoms with Crippen LogP contribution in [0.1, 0.15) is 33.1 Å². The number of aromatic nitrogens is 2. The average Bonchev–Trinajstić information content (AvgIpc) is 2.29. The second-order valence-corrected chi connectivity index (χ2v) is 4.27. The normalized spacial score (nSPS) is 12.4. The second kappa shape index (κ2) is 5.56. The van der Waals surface area contributed by atoms with Crippen LogP contribution >= 0.6 is 0 Å². The standard InChI is InChI=1S/C11H20N4O2/c1-4-5-6-7(2)13-8-9(12)15(3)11(17)14-10(8)16/h7,13H,4-6,12H2,1-3H3,(H,14,16,17). The summed E-state index contributed by atoms with van der Waals surface area (Å²) in [5, 5.41) is 3.05. The van der Waals surface area contributed by atoms with E-state index in [-0.39, 0.29) is 17.5 Å². The number of H-pyrrole nitrogens is 1. The van der Waals surface area contributed by atoms with E-state index in [9.17, 15) is 9.59 Å². The Hall–Kier alpha value is -1.72. The number of hydrogen-bond donors (Lipinski definition) is 3. The molecule has 0 bridgehead atoms. The van der Waals surface area contributed by atoms with Gasteiger partial charge in [-0.05, 0) is 13.3 Å². The molecule has 1 rings (SSSR count). The molecule has 4 N–H and O–H groups in total. The van der Waals surface area contributed by atoms with Crippen molar-refractivity contribution in [2.45, 2.75) is 39.2 Å². The Bertz CT molecular complexity index is 489. The minimum atomic E-state index is -0.501. The van der Waals surface area contributed by atoms with Gasteiger partial charge in [0, 0.05) is 13.1 Å². The van der Waals surface area contributed by atoms with Crippen molar-refractivity contribution in [2.75, 3.05) is 11.1 Å². The summed E-state index contributed by atoms with van der Waals surface area (Å²) in [6.45, 7) is 4.10. The number of nitrogens with two attached hydrogens (primary N) is 1. The molecular weight excluding hydrogens is 220 g/mol. The molecule has 0 amide bonds. The molecule has 1 aromatic heterocycles. The molecule has 1 unspecified atom stereocenters. The molecule has 1 atom stereocenters. The highest BCUT2D eigenvalue weighted by Gasteiger charge is 2.11. The zero-order valence-electron chi connectivity index (χ0n) is 10.5. The highest BCUT2D eigenvalue weighted by Crippen LogP contribution is 2.12. The topological polar surface area (TPSA) is 92.9 Å². The van der Waals surface area contributed by atoms with Crippen LogP contribution in [0.15, 0.2) is 9.59 Å². The molecule has 0 radical (unpaired) electrons. The van der Waals surface area contributed by atoms with Gasteiger partial charge in [-0.1, -0.05) is 19.8 Å². The quantitative estimate of drug-likeness (QED) is 0.704. The molecule has 0 aliphatic carbocycles. The Morgan fingerprint density at radius 3 is 2.71 bits per heavy atom. The van der Waals surface area contributed by atoms with Gasteiger partial charge in [-0.3, -0.25) is 14.3 Å². The maximum atomic E-state index is 11.6. The van der Waals surface area contributed by atoms with E-state index in [0.29, 0.717) is 0 Å². The molecule has 0 aliphatic rings. The van der Waals surface area contributed by atoms with Gasteiger partial charge in [-0.15, -0.1) is 0 Å². The van der Waals surface area contributed by atoms with Crippen LogP contribution in [0.3, 0.4) is 0 Å². The second-order valence-electron chi connectivity index (χ2n) is 4.27. The number of nitrogens with zero attached hydrogens (tertiary/aromatic N) is 1. The van der Waals surface area contributed by atoms with Crippen molar-refractivity contribution in [3.63, 3.8) is 0 Å². The van der Waals surface area contributed by atoms with Gasteiger partial charge >= 0.3 is 5.69 Å². The summed E-state index contributed by atoms with van der Waals surface area (Å²) in [6.07, 6.45) is 3.14. The summed E-state index contributed by atoms with van der Waals surface area (Å²) < 4.78 is 1.22. The fourth-order valence-electron chi connectivity index (χ4n) is 1.61. The van der Waals surface area contributed by atoms with Gasteiger partial charge in [-0.2, -0.15) is 0 Å². The number of nitrogens with one attached hydrogen (secondary N) is 2. The van der Waals surface area contributed by atoms with Crippen LogP contribution < -0.4 is 22.3 Å². The van der Waals surface area contributed by atoms with Crippen LogP contribution in [0.4, 0.5) is 11.5 Å². The number of hydrogen-bond acceptors (Lipinski definition) is 4. The molecule has 96 valence electrons. The van der Waals surface area contributed by atoms with Crippen LogP contribution in [-0.2, 0) is 7.05 Å². The maximum Gasteiger partial charge on any atom is 0.329 e. The van der Waals surface area contributed by atoms with E-state index in [1.807, 2.05) is 6.92 Å². The molecule has 6 nitrogen and oxygen atoms in total. The zero-order valence-corrected chi connectivity index (χ0v) is 10.5. The van der Waals surface area contributed by atoms with Crippen molar-refractivity contribution >= 4 is 11.5 Å². The summed E-state index contributed by atoms with van der Waals surface area (Å²) in [5.41, 5.74) is 5.05. The van der Waals surface area contributed by atoms with Crippen LogP contribution in [0.25, 0.3) is 0 Å². The Kier molecular flexibility index (Phi) is 4.37. The first-order chi connectivity index (χ1) is 7.97. The number of aromatic amines is 1. The van der Waals surface area contributed by atoms with E-state index < -0.39 is 11.2 Å². The molecule has 6 heteroatoms. The van der Waals surface area contributed by atoms with Gasteiger partial charge in [0.2, 0.25) is 0 Å². The third-order valence-corrected chi connectivity index (χ3v) is 2.75. The molecule has 1 heterocycles. The molecule has 0 aromatic carbocycles. The molecule has 17 heavy (non-hydrogen) atoms. The van der Waals surface area contributed by atoms with E-state index in [1.54, 1.807) is 0 Å². The number of nitrogen functional groups attached to an aromatic ring is 1. The van der Waals surface area contributed by atoms with Crippen LogP contribution in [0.2, 0.25) is 0 Å². The van der Waals surface area contributed by atoms with E-state index in [0.717, 1.165) is 19.3 Å². The van der Waals surface area contributed by atoms with Crippen LogP contribution in [0, 0.1) is 0 Å². The summed E-state index contributed by atoms with van der Waals surface area (Å²) in [7, 11) is 1.52. The largest absolute Gasteiger partial charge is 0.383 e. The number of anilines is 2. The Morgan fingerprint density at radius 1 is 1.47 bits per heavy atom. The first-order valence-electron chi connectivity index (χ1n) is 5.82. The molecule has 0 spiro atoms. The van der Waals surface area contributed by atoms with Gasteiger partial charge in [0.1, 0.15) is 11.5 Å². The summed E-state index contributed by atoms with van der Waals surface area (Å²) >= 11 is 0. The lowest BCUT2D eigenvalue weighted by Crippen LogP contribution is -2.34. The van der Waals surface area contributed by atoms with Crippen molar-refractivity contribution in [3.8, 4) is 0 Å². The van der Waals surface area contributed by atoms with Crippen molar-refractivity contribution in [2.24, 2.45) is 7.05 Å². The SMILES string of the molecule is CCCCC(C)Nc1c(N)n(C)c(=O)[nH]c1=O. The molecule has 0 fully saturated rings. The first kappa shape index (κ1) is 13.3. The van der Waals surface area contributed by atoms with Gasteiger partial charge < -0.3 is 11.1 Å². The highest BCUT2D eigenvalue weighted by molar-refractivity contribution is 5.60. The van der Waals surface area contributed by atoms with E-state index in [4.69, 9.17) is 5.73 Å². The fraction of sp³-hybridized carbons (Fsp3) is 0.636. The van der Waals surface area contributed by atoms with E-state index in [1.165, 1.54) is 11.6 Å². The Morgan fingerprint density at radius 2 is 2.12 bits per heavy atom. The van der Waals surface area contributed by atoms with Crippen molar-refractivity contribution < 1.29 is 0 Å². The minimum absolute atomic E-state index is 0.149. The molecular formula is C11H20N4O2. The van der Waals surface area contributed by atoms with Crippen LogP contribution in [0.5, 0.6) is 0 Å². The summed E-state index contributed by atoms with van der Waals surface area (Å²) in [4.78, 5) is 25.1. The van der Waals surface area contributed by atoms with Crippen LogP contribution in [-0.4, -0.2) is 15.6 Å². The zero-order chi connectivity index (χ0) is 13.0. The van der Waals surface area contributed by atoms with Crippen molar-refractivity contribution in [1.29, 1.82) is 0 Å². The smallest absolute Gasteiger partial charge is 0.329 e. The predicted octanol–water partition coefficient (Wildman–Crippen LogP) is 0.646. The highest BCUT2D eigenvalue weighted by atomic mass is 16.2. The molecule has 0 aliphatic heterocycles. The summed E-state index contributed by atoms with van der Waals surface area (Å²) in [5.74, 6) is 0.169. The number of unbranched alkanes of at least 4 members (excludes halogenated alkanes) is 1. The predicted molar refractivity (Wildman–Crippen MR) is 69.3 cm³/mol. The first-order valence-corrected chi connectivity index (χ1v) is 5.82. The van der Waals surface area contributed by atoms with Crippen molar-refractivity contribution in [1.82, 2.24) is 9.55 Å². The summed E-state index contributed by atoms with van der Waals surface area (Å²) in [6, 6.07) is 0.149. The fourth-order valence-corrected chi connectivity index (χ4v) is 1.61. The lowest BCUT2D eigenvalue weighted by Gasteiger charge is -2.16. The number of rotatable bonds is 5. The monoisotopic (exact) mass is 240 g/mol. The Labute approximate surface area is 99.8 Å². The van der Waals surface area contributed by atoms with Crippen molar-refractivity contribution in [3.05, 3.63) is 20.8 Å².